The van der Waals surface area contributed by atoms with Gasteiger partial charge in [-0.25, -0.2) is 0 Å². The summed E-state index contributed by atoms with van der Waals surface area (Å²) in [6.07, 6.45) is 7.17. The standard InChI is InChI=1S/C13H28N2/c1-11-5-4-6-13(9-11)7-8-15(3)12(2)10-14/h11-13H,4-10,14H2,1-3H3. The van der Waals surface area contributed by atoms with Crippen LogP contribution in [0.5, 0.6) is 0 Å². The van der Waals surface area contributed by atoms with Crippen LogP contribution in [0.1, 0.15) is 46.0 Å². The predicted molar refractivity (Wildman–Crippen MR) is 66.9 cm³/mol. The van der Waals surface area contributed by atoms with Gasteiger partial charge in [-0.15, -0.1) is 0 Å². The van der Waals surface area contributed by atoms with Crippen LogP contribution in [-0.4, -0.2) is 31.1 Å². The highest BCUT2D eigenvalue weighted by Crippen LogP contribution is 2.30. The molecule has 2 N–H and O–H groups in total. The van der Waals surface area contributed by atoms with Crippen molar-refractivity contribution < 1.29 is 0 Å². The zero-order chi connectivity index (χ0) is 11.3. The third kappa shape index (κ3) is 4.52. The van der Waals surface area contributed by atoms with E-state index in [1.807, 2.05) is 0 Å². The maximum Gasteiger partial charge on any atom is 0.0187 e. The van der Waals surface area contributed by atoms with Crippen molar-refractivity contribution in [3.8, 4) is 0 Å². The van der Waals surface area contributed by atoms with Crippen molar-refractivity contribution in [2.75, 3.05) is 20.1 Å². The quantitative estimate of drug-likeness (QED) is 0.758. The molecule has 1 aliphatic carbocycles. The summed E-state index contributed by atoms with van der Waals surface area (Å²) in [5, 5.41) is 0. The molecule has 2 heteroatoms. The number of hydrogen-bond donors (Lipinski definition) is 1. The highest BCUT2D eigenvalue weighted by molar-refractivity contribution is 4.72. The number of nitrogens with zero attached hydrogens (tertiary/aromatic N) is 1. The van der Waals surface area contributed by atoms with Crippen LogP contribution >= 0.6 is 0 Å². The average Bonchev–Trinajstić information content (AvgIpc) is 2.25. The van der Waals surface area contributed by atoms with E-state index in [0.717, 1.165) is 18.4 Å². The highest BCUT2D eigenvalue weighted by atomic mass is 15.1. The lowest BCUT2D eigenvalue weighted by Gasteiger charge is -2.30. The third-order valence-corrected chi connectivity index (χ3v) is 4.03. The first-order valence-electron chi connectivity index (χ1n) is 6.53. The van der Waals surface area contributed by atoms with Crippen molar-refractivity contribution >= 4 is 0 Å². The molecule has 15 heavy (non-hydrogen) atoms. The van der Waals surface area contributed by atoms with Crippen molar-refractivity contribution in [3.05, 3.63) is 0 Å². The Kier molecular flexibility index (Phi) is 5.62. The van der Waals surface area contributed by atoms with Crippen molar-refractivity contribution in [2.45, 2.75) is 52.0 Å². The van der Waals surface area contributed by atoms with Crippen LogP contribution in [0.4, 0.5) is 0 Å². The van der Waals surface area contributed by atoms with Gasteiger partial charge in [-0.2, -0.15) is 0 Å². The summed E-state index contributed by atoms with van der Waals surface area (Å²) in [5.41, 5.74) is 5.66. The van der Waals surface area contributed by atoms with Crippen molar-refractivity contribution in [1.82, 2.24) is 4.90 Å². The molecule has 0 saturated heterocycles. The van der Waals surface area contributed by atoms with E-state index in [1.54, 1.807) is 0 Å². The fourth-order valence-corrected chi connectivity index (χ4v) is 2.61. The van der Waals surface area contributed by atoms with E-state index in [0.29, 0.717) is 6.04 Å². The van der Waals surface area contributed by atoms with Crippen LogP contribution in [0.3, 0.4) is 0 Å². The molecular formula is C13H28N2. The summed E-state index contributed by atoms with van der Waals surface area (Å²) in [7, 11) is 2.20. The first-order valence-corrected chi connectivity index (χ1v) is 6.53. The fraction of sp³-hybridized carbons (Fsp3) is 1.00. The first-order chi connectivity index (χ1) is 7.13. The summed E-state index contributed by atoms with van der Waals surface area (Å²) >= 11 is 0. The van der Waals surface area contributed by atoms with E-state index in [9.17, 15) is 0 Å². The molecule has 0 aromatic heterocycles. The maximum absolute atomic E-state index is 5.66. The normalized spacial score (nSPS) is 29.4. The van der Waals surface area contributed by atoms with E-state index in [-0.39, 0.29) is 0 Å². The summed E-state index contributed by atoms with van der Waals surface area (Å²) in [6.45, 7) is 6.61. The van der Waals surface area contributed by atoms with Gasteiger partial charge in [0, 0.05) is 12.6 Å². The van der Waals surface area contributed by atoms with Gasteiger partial charge in [0.05, 0.1) is 0 Å². The van der Waals surface area contributed by atoms with Crippen LogP contribution in [0.25, 0.3) is 0 Å². The van der Waals surface area contributed by atoms with Gasteiger partial charge < -0.3 is 10.6 Å². The lowest BCUT2D eigenvalue weighted by atomic mass is 9.81. The van der Waals surface area contributed by atoms with Gasteiger partial charge in [0.15, 0.2) is 0 Å². The van der Waals surface area contributed by atoms with Gasteiger partial charge in [-0.05, 0) is 45.2 Å². The third-order valence-electron chi connectivity index (χ3n) is 4.03. The molecule has 0 aliphatic heterocycles. The Morgan fingerprint density at radius 3 is 2.73 bits per heavy atom. The molecule has 1 saturated carbocycles. The van der Waals surface area contributed by atoms with Crippen molar-refractivity contribution in [3.63, 3.8) is 0 Å². The molecule has 1 aliphatic rings. The largest absolute Gasteiger partial charge is 0.329 e. The Morgan fingerprint density at radius 2 is 2.13 bits per heavy atom. The number of rotatable bonds is 5. The number of nitrogens with two attached hydrogens (primary N) is 1. The molecule has 1 fully saturated rings. The van der Waals surface area contributed by atoms with Crippen LogP contribution in [0.2, 0.25) is 0 Å². The smallest absolute Gasteiger partial charge is 0.0187 e. The van der Waals surface area contributed by atoms with Crippen molar-refractivity contribution in [2.24, 2.45) is 17.6 Å². The van der Waals surface area contributed by atoms with E-state index < -0.39 is 0 Å². The number of hydrogen-bond acceptors (Lipinski definition) is 2. The molecule has 0 heterocycles. The lowest BCUT2D eigenvalue weighted by molar-refractivity contribution is 0.206. The fourth-order valence-electron chi connectivity index (χ4n) is 2.61. The van der Waals surface area contributed by atoms with Crippen LogP contribution in [0, 0.1) is 11.8 Å². The van der Waals surface area contributed by atoms with E-state index >= 15 is 0 Å². The minimum atomic E-state index is 0.533. The van der Waals surface area contributed by atoms with Gasteiger partial charge in [-0.1, -0.05) is 26.2 Å². The van der Waals surface area contributed by atoms with Gasteiger partial charge in [0.1, 0.15) is 0 Å². The second-order valence-corrected chi connectivity index (χ2v) is 5.49. The predicted octanol–water partition coefficient (Wildman–Crippen LogP) is 2.48. The van der Waals surface area contributed by atoms with Crippen LogP contribution < -0.4 is 5.73 Å². The Bertz CT molecular complexity index is 170. The number of likely N-dealkylation sites (N-methyl/N-ethyl adjacent to an activating group) is 1. The summed E-state index contributed by atoms with van der Waals surface area (Å²) in [6, 6.07) is 0.533. The van der Waals surface area contributed by atoms with E-state index in [2.05, 4.69) is 25.8 Å². The van der Waals surface area contributed by atoms with Gasteiger partial charge in [-0.3, -0.25) is 0 Å². The molecule has 90 valence electrons. The molecule has 2 nitrogen and oxygen atoms in total. The molecule has 0 aromatic rings. The first kappa shape index (κ1) is 13.0. The monoisotopic (exact) mass is 212 g/mol. The van der Waals surface area contributed by atoms with Crippen LogP contribution in [0.15, 0.2) is 0 Å². The lowest BCUT2D eigenvalue weighted by Crippen LogP contribution is -2.36. The minimum absolute atomic E-state index is 0.533. The molecule has 3 atom stereocenters. The molecule has 0 amide bonds. The maximum atomic E-state index is 5.66. The molecular weight excluding hydrogens is 184 g/mol. The zero-order valence-electron chi connectivity index (χ0n) is 10.7. The minimum Gasteiger partial charge on any atom is -0.329 e. The van der Waals surface area contributed by atoms with Crippen molar-refractivity contribution in [1.29, 1.82) is 0 Å². The Labute approximate surface area is 95.2 Å². The Balaban J connectivity index is 2.18. The molecule has 3 unspecified atom stereocenters. The SMILES string of the molecule is CC1CCCC(CCN(C)C(C)CN)C1. The molecule has 0 spiro atoms. The van der Waals surface area contributed by atoms with Gasteiger partial charge in [0.25, 0.3) is 0 Å². The summed E-state index contributed by atoms with van der Waals surface area (Å²) in [5.74, 6) is 1.93. The summed E-state index contributed by atoms with van der Waals surface area (Å²) < 4.78 is 0. The van der Waals surface area contributed by atoms with E-state index in [1.165, 1.54) is 38.6 Å². The highest BCUT2D eigenvalue weighted by Gasteiger charge is 2.19. The molecule has 0 bridgehead atoms. The van der Waals surface area contributed by atoms with E-state index in [4.69, 9.17) is 5.73 Å². The Morgan fingerprint density at radius 1 is 1.40 bits per heavy atom. The molecule has 0 aromatic carbocycles. The van der Waals surface area contributed by atoms with Gasteiger partial charge in [0.2, 0.25) is 0 Å². The Hall–Kier alpha value is -0.0800. The molecule has 0 radical (unpaired) electrons. The van der Waals surface area contributed by atoms with Crippen LogP contribution in [-0.2, 0) is 0 Å². The van der Waals surface area contributed by atoms with Gasteiger partial charge >= 0.3 is 0 Å². The summed E-state index contributed by atoms with van der Waals surface area (Å²) in [4.78, 5) is 2.40. The average molecular weight is 212 g/mol. The second-order valence-electron chi connectivity index (χ2n) is 5.49. The topological polar surface area (TPSA) is 29.3 Å². The second kappa shape index (κ2) is 6.49. The molecule has 1 rings (SSSR count). The zero-order valence-corrected chi connectivity index (χ0v) is 10.7.